The van der Waals surface area contributed by atoms with Crippen LogP contribution in [0.2, 0.25) is 0 Å². The Kier molecular flexibility index (Phi) is 5.04. The van der Waals surface area contributed by atoms with Crippen LogP contribution in [0.5, 0.6) is 0 Å². The predicted molar refractivity (Wildman–Crippen MR) is 97.1 cm³/mol. The van der Waals surface area contributed by atoms with Gasteiger partial charge in [0, 0.05) is 18.9 Å². The molecule has 0 saturated carbocycles. The van der Waals surface area contributed by atoms with E-state index in [1.807, 2.05) is 31.2 Å². The lowest BCUT2D eigenvalue weighted by Gasteiger charge is -2.09. The lowest BCUT2D eigenvalue weighted by Crippen LogP contribution is -2.13. The fraction of sp³-hybridized carbons (Fsp3) is 0.100. The molecule has 0 atom stereocenters. The molecular weight excluding hydrogens is 317 g/mol. The number of aryl methyl sites for hydroxylation is 1. The van der Waals surface area contributed by atoms with Gasteiger partial charge in [0.2, 0.25) is 0 Å². The van der Waals surface area contributed by atoms with Crippen molar-refractivity contribution in [2.75, 3.05) is 10.6 Å². The molecule has 2 aromatic carbocycles. The number of hydrogen-bond acceptors (Lipinski definition) is 3. The smallest absolute Gasteiger partial charge is 0.257 e. The minimum atomic E-state index is -0.475. The van der Waals surface area contributed by atoms with Crippen LogP contribution in [0.1, 0.15) is 21.5 Å². The fourth-order valence-electron chi connectivity index (χ4n) is 2.33. The average molecular weight is 335 g/mol. The number of halogens is 1. The second kappa shape index (κ2) is 7.57. The molecule has 0 aliphatic heterocycles. The Morgan fingerprint density at radius 2 is 1.84 bits per heavy atom. The van der Waals surface area contributed by atoms with Crippen LogP contribution in [0.4, 0.5) is 15.8 Å². The first kappa shape index (κ1) is 16.6. The molecular formula is C20H18FN3O. The average Bonchev–Trinajstić information content (AvgIpc) is 2.63. The highest BCUT2D eigenvalue weighted by Crippen LogP contribution is 2.16. The molecule has 126 valence electrons. The Labute approximate surface area is 145 Å². The molecule has 0 radical (unpaired) electrons. The number of nitrogens with one attached hydrogen (secondary N) is 2. The SMILES string of the molecule is Cc1ccc(CNc2cncc(C(=O)Nc3ccccc3F)c2)cc1. The number of hydrogen-bond donors (Lipinski definition) is 2. The molecule has 1 aromatic heterocycles. The van der Waals surface area contributed by atoms with Gasteiger partial charge in [-0.3, -0.25) is 9.78 Å². The minimum Gasteiger partial charge on any atom is -0.380 e. The van der Waals surface area contributed by atoms with Crippen molar-refractivity contribution in [3.05, 3.63) is 89.5 Å². The summed E-state index contributed by atoms with van der Waals surface area (Å²) < 4.78 is 13.6. The van der Waals surface area contributed by atoms with Crippen LogP contribution in [0.25, 0.3) is 0 Å². The van der Waals surface area contributed by atoms with E-state index in [0.29, 0.717) is 12.1 Å². The van der Waals surface area contributed by atoms with E-state index >= 15 is 0 Å². The summed E-state index contributed by atoms with van der Waals surface area (Å²) in [6.07, 6.45) is 3.10. The minimum absolute atomic E-state index is 0.144. The van der Waals surface area contributed by atoms with Gasteiger partial charge in [-0.25, -0.2) is 4.39 Å². The lowest BCUT2D eigenvalue weighted by atomic mass is 10.1. The number of amides is 1. The van der Waals surface area contributed by atoms with Crippen molar-refractivity contribution in [3.63, 3.8) is 0 Å². The van der Waals surface area contributed by atoms with Gasteiger partial charge >= 0.3 is 0 Å². The van der Waals surface area contributed by atoms with Gasteiger partial charge in [-0.15, -0.1) is 0 Å². The van der Waals surface area contributed by atoms with Crippen LogP contribution in [0.15, 0.2) is 67.0 Å². The Hall–Kier alpha value is -3.21. The van der Waals surface area contributed by atoms with Gasteiger partial charge in [0.1, 0.15) is 5.82 Å². The van der Waals surface area contributed by atoms with Gasteiger partial charge in [-0.1, -0.05) is 42.0 Å². The van der Waals surface area contributed by atoms with Crippen LogP contribution >= 0.6 is 0 Å². The summed E-state index contributed by atoms with van der Waals surface area (Å²) in [5.74, 6) is -0.881. The molecule has 3 rings (SSSR count). The molecule has 5 heteroatoms. The quantitative estimate of drug-likeness (QED) is 0.727. The van der Waals surface area contributed by atoms with Crippen molar-refractivity contribution in [1.29, 1.82) is 0 Å². The molecule has 0 saturated heterocycles. The maximum atomic E-state index is 13.6. The van der Waals surface area contributed by atoms with Gasteiger partial charge in [-0.05, 0) is 30.7 Å². The van der Waals surface area contributed by atoms with Crippen molar-refractivity contribution in [2.45, 2.75) is 13.5 Å². The number of para-hydroxylation sites is 1. The number of carbonyl (C=O) groups excluding carboxylic acids is 1. The lowest BCUT2D eigenvalue weighted by molar-refractivity contribution is 0.102. The second-order valence-corrected chi connectivity index (χ2v) is 5.74. The predicted octanol–water partition coefficient (Wildman–Crippen LogP) is 4.39. The van der Waals surface area contributed by atoms with Crippen LogP contribution in [-0.4, -0.2) is 10.9 Å². The number of rotatable bonds is 5. The van der Waals surface area contributed by atoms with Crippen LogP contribution in [0.3, 0.4) is 0 Å². The van der Waals surface area contributed by atoms with E-state index < -0.39 is 11.7 Å². The number of benzene rings is 2. The first-order valence-electron chi connectivity index (χ1n) is 7.92. The first-order chi connectivity index (χ1) is 12.1. The molecule has 3 aromatic rings. The number of nitrogens with zero attached hydrogens (tertiary/aromatic N) is 1. The third kappa shape index (κ3) is 4.41. The fourth-order valence-corrected chi connectivity index (χ4v) is 2.33. The van der Waals surface area contributed by atoms with E-state index in [2.05, 4.69) is 15.6 Å². The molecule has 4 nitrogen and oxygen atoms in total. The van der Waals surface area contributed by atoms with Crippen molar-refractivity contribution in [3.8, 4) is 0 Å². The Bertz CT molecular complexity index is 878. The van der Waals surface area contributed by atoms with E-state index in [9.17, 15) is 9.18 Å². The van der Waals surface area contributed by atoms with E-state index in [1.165, 1.54) is 23.9 Å². The molecule has 2 N–H and O–H groups in total. The highest BCUT2D eigenvalue weighted by atomic mass is 19.1. The van der Waals surface area contributed by atoms with Crippen molar-refractivity contribution in [2.24, 2.45) is 0 Å². The molecule has 0 unspecified atom stereocenters. The topological polar surface area (TPSA) is 54.0 Å². The molecule has 0 bridgehead atoms. The molecule has 1 heterocycles. The molecule has 0 aliphatic carbocycles. The Morgan fingerprint density at radius 1 is 1.08 bits per heavy atom. The van der Waals surface area contributed by atoms with Crippen LogP contribution in [-0.2, 0) is 6.54 Å². The third-order valence-corrected chi connectivity index (χ3v) is 3.74. The summed E-state index contributed by atoms with van der Waals surface area (Å²) in [6.45, 7) is 2.67. The number of aromatic nitrogens is 1. The van der Waals surface area contributed by atoms with Crippen molar-refractivity contribution in [1.82, 2.24) is 4.98 Å². The third-order valence-electron chi connectivity index (χ3n) is 3.74. The summed E-state index contributed by atoms with van der Waals surface area (Å²) in [7, 11) is 0. The zero-order valence-corrected chi connectivity index (χ0v) is 13.8. The van der Waals surface area contributed by atoms with Gasteiger partial charge in [-0.2, -0.15) is 0 Å². The van der Waals surface area contributed by atoms with Crippen LogP contribution < -0.4 is 10.6 Å². The maximum Gasteiger partial charge on any atom is 0.257 e. The summed E-state index contributed by atoms with van der Waals surface area (Å²) in [4.78, 5) is 16.4. The highest BCUT2D eigenvalue weighted by molar-refractivity contribution is 6.04. The Morgan fingerprint density at radius 3 is 2.60 bits per heavy atom. The number of pyridine rings is 1. The summed E-state index contributed by atoms with van der Waals surface area (Å²) in [6, 6.07) is 15.9. The van der Waals surface area contributed by atoms with Crippen LogP contribution in [0, 0.1) is 12.7 Å². The van der Waals surface area contributed by atoms with E-state index in [-0.39, 0.29) is 5.69 Å². The number of carbonyl (C=O) groups is 1. The van der Waals surface area contributed by atoms with E-state index in [4.69, 9.17) is 0 Å². The normalized spacial score (nSPS) is 10.3. The molecule has 0 spiro atoms. The monoisotopic (exact) mass is 335 g/mol. The van der Waals surface area contributed by atoms with Crippen molar-refractivity contribution >= 4 is 17.3 Å². The molecule has 0 fully saturated rings. The standard InChI is InChI=1S/C20H18FN3O/c1-14-6-8-15(9-7-14)11-23-17-10-16(12-22-13-17)20(25)24-19-5-3-2-4-18(19)21/h2-10,12-13,23H,11H2,1H3,(H,24,25). The Balaban J connectivity index is 1.67. The van der Waals surface area contributed by atoms with E-state index in [1.54, 1.807) is 24.4 Å². The van der Waals surface area contributed by atoms with E-state index in [0.717, 1.165) is 11.3 Å². The number of anilines is 2. The summed E-state index contributed by atoms with van der Waals surface area (Å²) >= 11 is 0. The van der Waals surface area contributed by atoms with Gasteiger partial charge < -0.3 is 10.6 Å². The summed E-state index contributed by atoms with van der Waals surface area (Å²) in [5.41, 5.74) is 3.56. The van der Waals surface area contributed by atoms with Crippen molar-refractivity contribution < 1.29 is 9.18 Å². The summed E-state index contributed by atoms with van der Waals surface area (Å²) in [5, 5.41) is 5.79. The zero-order valence-electron chi connectivity index (χ0n) is 13.8. The first-order valence-corrected chi connectivity index (χ1v) is 7.92. The molecule has 1 amide bonds. The largest absolute Gasteiger partial charge is 0.380 e. The van der Waals surface area contributed by atoms with Gasteiger partial charge in [0.25, 0.3) is 5.91 Å². The highest BCUT2D eigenvalue weighted by Gasteiger charge is 2.10. The van der Waals surface area contributed by atoms with Gasteiger partial charge in [0.15, 0.2) is 0 Å². The zero-order chi connectivity index (χ0) is 17.6. The molecule has 25 heavy (non-hydrogen) atoms. The molecule has 0 aliphatic rings. The maximum absolute atomic E-state index is 13.6. The second-order valence-electron chi connectivity index (χ2n) is 5.74. The van der Waals surface area contributed by atoms with Gasteiger partial charge in [0.05, 0.1) is 16.9 Å².